The van der Waals surface area contributed by atoms with Crippen LogP contribution in [0.3, 0.4) is 0 Å². The molecule has 0 fully saturated rings. The first-order chi connectivity index (χ1) is 21.2. The predicted octanol–water partition coefficient (Wildman–Crippen LogP) is 3.44. The van der Waals surface area contributed by atoms with E-state index in [-0.39, 0.29) is 16.3 Å². The van der Waals surface area contributed by atoms with E-state index < -0.39 is 57.8 Å². The standard InChI is InChI=1S/C32H49N3O9S/c1-6-8-15-32(16-9-7-2)19-45(42,43)25-14-13-23(35(4)5)18-24(25)26(29(32)39)21-11-10-12-22(17-21)33-31(40)34-30(44-41)28(38)27(37)20(3)36/h10-14,17-18,20,26-30,36-39,41H,6-9,15-16,19H2,1-5H3,(H2,33,34,40)/t20-,26-,27+,28-,29-,30-/m1/s1. The van der Waals surface area contributed by atoms with E-state index in [1.165, 1.54) is 6.92 Å². The van der Waals surface area contributed by atoms with Crippen LogP contribution in [-0.2, 0) is 14.7 Å². The Bertz CT molecular complexity index is 1380. The van der Waals surface area contributed by atoms with Gasteiger partial charge in [0, 0.05) is 36.8 Å². The summed E-state index contributed by atoms with van der Waals surface area (Å²) in [6.07, 6.45) is -3.47. The highest BCUT2D eigenvalue weighted by molar-refractivity contribution is 7.91. The molecule has 1 heterocycles. The minimum absolute atomic E-state index is 0.171. The van der Waals surface area contributed by atoms with E-state index in [0.717, 1.165) is 31.4 Å². The second-order valence-electron chi connectivity index (χ2n) is 12.3. The highest BCUT2D eigenvalue weighted by atomic mass is 32.2. The van der Waals surface area contributed by atoms with Crippen LogP contribution in [0.25, 0.3) is 0 Å². The molecule has 252 valence electrons. The lowest BCUT2D eigenvalue weighted by molar-refractivity contribution is -0.310. The van der Waals surface area contributed by atoms with Crippen LogP contribution >= 0.6 is 0 Å². The summed E-state index contributed by atoms with van der Waals surface area (Å²) in [6, 6.07) is 11.0. The third-order valence-electron chi connectivity index (χ3n) is 8.70. The number of aliphatic hydroxyl groups is 4. The van der Waals surface area contributed by atoms with E-state index in [0.29, 0.717) is 24.0 Å². The van der Waals surface area contributed by atoms with Crippen LogP contribution in [0.4, 0.5) is 16.2 Å². The average Bonchev–Trinajstić information content (AvgIpc) is 3.07. The van der Waals surface area contributed by atoms with Crippen molar-refractivity contribution < 1.29 is 43.8 Å². The topological polar surface area (TPSA) is 189 Å². The Morgan fingerprint density at radius 2 is 1.69 bits per heavy atom. The third-order valence-corrected chi connectivity index (χ3v) is 10.7. The number of carbonyl (C=O) groups is 1. The van der Waals surface area contributed by atoms with Gasteiger partial charge in [0.2, 0.25) is 0 Å². The van der Waals surface area contributed by atoms with Crippen molar-refractivity contribution in [2.75, 3.05) is 30.1 Å². The second kappa shape index (κ2) is 15.7. The average molecular weight is 652 g/mol. The molecule has 0 bridgehead atoms. The Kier molecular flexibility index (Phi) is 12.8. The van der Waals surface area contributed by atoms with Gasteiger partial charge in [0.1, 0.15) is 12.2 Å². The van der Waals surface area contributed by atoms with E-state index >= 15 is 0 Å². The molecule has 0 radical (unpaired) electrons. The van der Waals surface area contributed by atoms with Gasteiger partial charge in [-0.05, 0) is 61.2 Å². The van der Waals surface area contributed by atoms with E-state index in [9.17, 15) is 38.9 Å². The van der Waals surface area contributed by atoms with Gasteiger partial charge in [-0.3, -0.25) is 0 Å². The van der Waals surface area contributed by atoms with Crippen molar-refractivity contribution in [2.24, 2.45) is 5.41 Å². The smallest absolute Gasteiger partial charge is 0.321 e. The maximum Gasteiger partial charge on any atom is 0.321 e. The van der Waals surface area contributed by atoms with Crippen molar-refractivity contribution in [3.63, 3.8) is 0 Å². The molecule has 0 saturated heterocycles. The van der Waals surface area contributed by atoms with Crippen LogP contribution in [0.2, 0.25) is 0 Å². The molecule has 6 atom stereocenters. The Hall–Kier alpha value is -2.78. The fourth-order valence-electron chi connectivity index (χ4n) is 6.13. The maximum atomic E-state index is 14.1. The molecule has 3 rings (SSSR count). The molecule has 0 unspecified atom stereocenters. The number of amides is 2. The zero-order valence-electron chi connectivity index (χ0n) is 26.7. The molecular weight excluding hydrogens is 602 g/mol. The third kappa shape index (κ3) is 8.53. The predicted molar refractivity (Wildman–Crippen MR) is 172 cm³/mol. The molecule has 2 aromatic carbocycles. The Labute approximate surface area is 265 Å². The number of aliphatic hydroxyl groups excluding tert-OH is 4. The molecule has 0 spiro atoms. The van der Waals surface area contributed by atoms with Gasteiger partial charge in [0.25, 0.3) is 0 Å². The fourth-order valence-corrected chi connectivity index (χ4v) is 8.33. The molecule has 13 heteroatoms. The number of rotatable bonds is 14. The molecule has 0 aliphatic carbocycles. The maximum absolute atomic E-state index is 14.1. The number of nitrogens with zero attached hydrogens (tertiary/aromatic N) is 1. The minimum atomic E-state index is -3.79. The lowest BCUT2D eigenvalue weighted by atomic mass is 9.68. The van der Waals surface area contributed by atoms with Crippen LogP contribution in [-0.4, -0.2) is 90.6 Å². The molecule has 0 saturated carbocycles. The van der Waals surface area contributed by atoms with Gasteiger partial charge in [-0.15, -0.1) is 0 Å². The van der Waals surface area contributed by atoms with Crippen molar-refractivity contribution in [3.8, 4) is 0 Å². The summed E-state index contributed by atoms with van der Waals surface area (Å²) in [5.41, 5.74) is 1.22. The van der Waals surface area contributed by atoms with Gasteiger partial charge in [0.05, 0.1) is 22.9 Å². The summed E-state index contributed by atoms with van der Waals surface area (Å²) in [7, 11) is -0.0760. The summed E-state index contributed by atoms with van der Waals surface area (Å²) in [6.45, 7) is 5.30. The Balaban J connectivity index is 2.10. The molecule has 1 aliphatic heterocycles. The van der Waals surface area contributed by atoms with Crippen LogP contribution in [0.1, 0.15) is 76.3 Å². The van der Waals surface area contributed by atoms with Gasteiger partial charge in [0.15, 0.2) is 16.1 Å². The molecular formula is C32H49N3O9S. The van der Waals surface area contributed by atoms with Crippen molar-refractivity contribution in [3.05, 3.63) is 53.6 Å². The largest absolute Gasteiger partial charge is 0.392 e. The zero-order chi connectivity index (χ0) is 33.5. The van der Waals surface area contributed by atoms with Crippen molar-refractivity contribution in [1.29, 1.82) is 0 Å². The lowest BCUT2D eigenvalue weighted by Crippen LogP contribution is -2.53. The molecule has 12 nitrogen and oxygen atoms in total. The number of hydrogen-bond donors (Lipinski definition) is 7. The Morgan fingerprint density at radius 3 is 2.24 bits per heavy atom. The van der Waals surface area contributed by atoms with Crippen LogP contribution in [0.15, 0.2) is 47.4 Å². The van der Waals surface area contributed by atoms with Gasteiger partial charge < -0.3 is 36.0 Å². The lowest BCUT2D eigenvalue weighted by Gasteiger charge is -2.40. The van der Waals surface area contributed by atoms with Crippen molar-refractivity contribution >= 4 is 27.2 Å². The number of urea groups is 1. The number of nitrogens with one attached hydrogen (secondary N) is 2. The zero-order valence-corrected chi connectivity index (χ0v) is 27.5. The Morgan fingerprint density at radius 1 is 1.04 bits per heavy atom. The second-order valence-corrected chi connectivity index (χ2v) is 14.3. The summed E-state index contributed by atoms with van der Waals surface area (Å²) in [5, 5.41) is 56.0. The monoisotopic (exact) mass is 651 g/mol. The first-order valence-electron chi connectivity index (χ1n) is 15.4. The number of unbranched alkanes of at least 4 members (excludes halogenated alkanes) is 2. The van der Waals surface area contributed by atoms with Crippen molar-refractivity contribution in [1.82, 2.24) is 5.32 Å². The quantitative estimate of drug-likeness (QED) is 0.0906. The molecule has 0 aromatic heterocycles. The van der Waals surface area contributed by atoms with Crippen LogP contribution in [0.5, 0.6) is 0 Å². The summed E-state index contributed by atoms with van der Waals surface area (Å²) in [4.78, 5) is 19.0. The highest BCUT2D eigenvalue weighted by Crippen LogP contribution is 2.50. The van der Waals surface area contributed by atoms with Gasteiger partial charge in [-0.2, -0.15) is 0 Å². The minimum Gasteiger partial charge on any atom is -0.392 e. The first kappa shape index (κ1) is 36.7. The molecule has 1 aliphatic rings. The SMILES string of the molecule is CCCCC1(CCCC)CS(=O)(=O)c2ccc(N(C)C)cc2[C@@H](c2cccc(NC(=O)N[C@H](OO)[C@H](O)[C@@H](O)[C@@H](C)O)c2)[C@H]1O. The first-order valence-corrected chi connectivity index (χ1v) is 17.1. The van der Waals surface area contributed by atoms with E-state index in [4.69, 9.17) is 0 Å². The number of anilines is 2. The van der Waals surface area contributed by atoms with Gasteiger partial charge >= 0.3 is 6.03 Å². The van der Waals surface area contributed by atoms with Crippen molar-refractivity contribution in [2.45, 2.75) is 101 Å². The molecule has 2 amide bonds. The molecule has 7 N–H and O–H groups in total. The van der Waals surface area contributed by atoms with E-state index in [2.05, 4.69) is 15.5 Å². The molecule has 45 heavy (non-hydrogen) atoms. The summed E-state index contributed by atoms with van der Waals surface area (Å²) >= 11 is 0. The normalized spacial score (nSPS) is 21.5. The highest BCUT2D eigenvalue weighted by Gasteiger charge is 2.49. The number of sulfone groups is 1. The van der Waals surface area contributed by atoms with E-state index in [1.54, 1.807) is 42.5 Å². The number of carbonyl (C=O) groups excluding carboxylic acids is 1. The fraction of sp³-hybridized carbons (Fsp3) is 0.594. The van der Waals surface area contributed by atoms with Gasteiger partial charge in [-0.1, -0.05) is 51.7 Å². The number of fused-ring (bicyclic) bond motifs is 1. The van der Waals surface area contributed by atoms with E-state index in [1.807, 2.05) is 32.8 Å². The van der Waals surface area contributed by atoms with Gasteiger partial charge in [-0.25, -0.2) is 23.4 Å². The van der Waals surface area contributed by atoms with Crippen LogP contribution in [0, 0.1) is 5.41 Å². The number of hydrogen-bond acceptors (Lipinski definition) is 10. The summed E-state index contributed by atoms with van der Waals surface area (Å²) < 4.78 is 28.1. The molecule has 2 aromatic rings. The van der Waals surface area contributed by atoms with Crippen LogP contribution < -0.4 is 15.5 Å². The number of benzene rings is 2. The summed E-state index contributed by atoms with van der Waals surface area (Å²) in [5.74, 6) is -0.914.